The van der Waals surface area contributed by atoms with Crippen molar-refractivity contribution in [3.8, 4) is 0 Å². The molecule has 1 aromatic heterocycles. The topological polar surface area (TPSA) is 63.1 Å². The Labute approximate surface area is 88.2 Å². The largest absolute Gasteiger partial charge is 0.339 e. The maximum Gasteiger partial charge on any atom is 0.244 e. The first kappa shape index (κ1) is 10.1. The van der Waals surface area contributed by atoms with Gasteiger partial charge in [-0.25, -0.2) is 4.68 Å². The highest BCUT2D eigenvalue weighted by Gasteiger charge is 2.17. The second-order valence-corrected chi connectivity index (χ2v) is 3.66. The summed E-state index contributed by atoms with van der Waals surface area (Å²) in [5.41, 5.74) is 0.915. The number of carbonyl (C=O) groups is 1. The van der Waals surface area contributed by atoms with Gasteiger partial charge in [-0.2, -0.15) is 0 Å². The summed E-state index contributed by atoms with van der Waals surface area (Å²) in [6, 6.07) is 0. The normalized spacial score (nSPS) is 16.7. The minimum Gasteiger partial charge on any atom is -0.339 e. The lowest BCUT2D eigenvalue weighted by Gasteiger charge is -2.27. The Hall–Kier alpha value is -1.43. The Morgan fingerprint density at radius 1 is 1.53 bits per heavy atom. The molecule has 0 atom stereocenters. The molecule has 0 aliphatic carbocycles. The van der Waals surface area contributed by atoms with Crippen LogP contribution in [0.4, 0.5) is 0 Å². The van der Waals surface area contributed by atoms with Crippen molar-refractivity contribution in [1.82, 2.24) is 25.2 Å². The van der Waals surface area contributed by atoms with Gasteiger partial charge in [0.1, 0.15) is 6.54 Å². The molecule has 0 saturated carbocycles. The molecule has 0 aromatic carbocycles. The maximum absolute atomic E-state index is 11.8. The highest BCUT2D eigenvalue weighted by Crippen LogP contribution is 1.98. The maximum atomic E-state index is 11.8. The molecule has 6 heteroatoms. The van der Waals surface area contributed by atoms with E-state index in [9.17, 15) is 4.79 Å². The molecule has 1 aromatic rings. The summed E-state index contributed by atoms with van der Waals surface area (Å²) in [7, 11) is 0. The minimum atomic E-state index is 0.116. The Morgan fingerprint density at radius 3 is 2.87 bits per heavy atom. The van der Waals surface area contributed by atoms with Crippen LogP contribution in [0.25, 0.3) is 0 Å². The zero-order chi connectivity index (χ0) is 10.7. The van der Waals surface area contributed by atoms with Gasteiger partial charge in [0.2, 0.25) is 5.91 Å². The van der Waals surface area contributed by atoms with Crippen LogP contribution in [-0.2, 0) is 11.3 Å². The molecule has 0 radical (unpaired) electrons. The molecule has 6 nitrogen and oxygen atoms in total. The summed E-state index contributed by atoms with van der Waals surface area (Å²) in [6.07, 6.45) is 1.66. The van der Waals surface area contributed by atoms with Crippen LogP contribution in [0.3, 0.4) is 0 Å². The molecule has 0 unspecified atom stereocenters. The average Bonchev–Trinajstić information content (AvgIpc) is 2.66. The number of hydrogen-bond donors (Lipinski definition) is 1. The van der Waals surface area contributed by atoms with Gasteiger partial charge >= 0.3 is 0 Å². The molecule has 1 N–H and O–H groups in total. The monoisotopic (exact) mass is 209 g/mol. The lowest BCUT2D eigenvalue weighted by atomic mass is 10.3. The van der Waals surface area contributed by atoms with E-state index in [-0.39, 0.29) is 5.91 Å². The van der Waals surface area contributed by atoms with E-state index in [0.29, 0.717) is 6.54 Å². The van der Waals surface area contributed by atoms with Crippen LogP contribution in [0.15, 0.2) is 6.20 Å². The van der Waals surface area contributed by atoms with Gasteiger partial charge < -0.3 is 10.2 Å². The van der Waals surface area contributed by atoms with E-state index in [2.05, 4.69) is 15.6 Å². The zero-order valence-electron chi connectivity index (χ0n) is 8.81. The standard InChI is InChI=1S/C9H15N5O/c1-8-6-11-12-14(8)7-9(15)13-4-2-10-3-5-13/h6,10H,2-5,7H2,1H3. The Morgan fingerprint density at radius 2 is 2.27 bits per heavy atom. The van der Waals surface area contributed by atoms with Crippen molar-refractivity contribution >= 4 is 5.91 Å². The number of aromatic nitrogens is 3. The van der Waals surface area contributed by atoms with Gasteiger partial charge in [-0.3, -0.25) is 4.79 Å². The van der Waals surface area contributed by atoms with E-state index in [4.69, 9.17) is 0 Å². The number of aryl methyl sites for hydroxylation is 1. The van der Waals surface area contributed by atoms with Crippen molar-refractivity contribution in [2.24, 2.45) is 0 Å². The van der Waals surface area contributed by atoms with Crippen molar-refractivity contribution in [3.05, 3.63) is 11.9 Å². The van der Waals surface area contributed by atoms with Gasteiger partial charge in [0, 0.05) is 26.2 Å². The third-order valence-electron chi connectivity index (χ3n) is 2.57. The van der Waals surface area contributed by atoms with Crippen LogP contribution >= 0.6 is 0 Å². The minimum absolute atomic E-state index is 0.116. The third-order valence-corrected chi connectivity index (χ3v) is 2.57. The Bertz CT molecular complexity index is 342. The molecule has 0 bridgehead atoms. The number of nitrogens with one attached hydrogen (secondary N) is 1. The summed E-state index contributed by atoms with van der Waals surface area (Å²) in [5.74, 6) is 0.116. The van der Waals surface area contributed by atoms with E-state index >= 15 is 0 Å². The first-order valence-electron chi connectivity index (χ1n) is 5.11. The smallest absolute Gasteiger partial charge is 0.244 e. The van der Waals surface area contributed by atoms with Crippen LogP contribution in [0.1, 0.15) is 5.69 Å². The average molecular weight is 209 g/mol. The fourth-order valence-corrected chi connectivity index (χ4v) is 1.61. The lowest BCUT2D eigenvalue weighted by Crippen LogP contribution is -2.47. The van der Waals surface area contributed by atoms with E-state index in [1.54, 1.807) is 10.9 Å². The van der Waals surface area contributed by atoms with Gasteiger partial charge in [-0.15, -0.1) is 5.10 Å². The molecule has 1 aliphatic heterocycles. The highest BCUT2D eigenvalue weighted by molar-refractivity contribution is 5.76. The van der Waals surface area contributed by atoms with E-state index < -0.39 is 0 Å². The zero-order valence-corrected chi connectivity index (χ0v) is 8.81. The van der Waals surface area contributed by atoms with Crippen LogP contribution in [0, 0.1) is 6.92 Å². The molecule has 1 aliphatic rings. The van der Waals surface area contributed by atoms with E-state index in [0.717, 1.165) is 31.9 Å². The van der Waals surface area contributed by atoms with Crippen molar-refractivity contribution in [2.75, 3.05) is 26.2 Å². The second-order valence-electron chi connectivity index (χ2n) is 3.66. The third kappa shape index (κ3) is 2.33. The quantitative estimate of drug-likeness (QED) is 0.680. The Kier molecular flexibility index (Phi) is 2.96. The van der Waals surface area contributed by atoms with Gasteiger partial charge in [-0.05, 0) is 6.92 Å². The predicted molar refractivity (Wildman–Crippen MR) is 54.2 cm³/mol. The van der Waals surface area contributed by atoms with E-state index in [1.165, 1.54) is 0 Å². The summed E-state index contributed by atoms with van der Waals surface area (Å²) in [5, 5.41) is 10.8. The molecule has 2 heterocycles. The van der Waals surface area contributed by atoms with Crippen LogP contribution in [-0.4, -0.2) is 52.0 Å². The van der Waals surface area contributed by atoms with Crippen molar-refractivity contribution < 1.29 is 4.79 Å². The molecule has 2 rings (SSSR count). The van der Waals surface area contributed by atoms with Crippen molar-refractivity contribution in [1.29, 1.82) is 0 Å². The van der Waals surface area contributed by atoms with Crippen LogP contribution in [0.5, 0.6) is 0 Å². The molecule has 1 fully saturated rings. The summed E-state index contributed by atoms with van der Waals surface area (Å²) >= 11 is 0. The number of nitrogens with zero attached hydrogens (tertiary/aromatic N) is 4. The SMILES string of the molecule is Cc1cnnn1CC(=O)N1CCNCC1. The predicted octanol–water partition coefficient (Wildman–Crippen LogP) is -0.982. The van der Waals surface area contributed by atoms with Crippen LogP contribution < -0.4 is 5.32 Å². The van der Waals surface area contributed by atoms with Crippen LogP contribution in [0.2, 0.25) is 0 Å². The fourth-order valence-electron chi connectivity index (χ4n) is 1.61. The molecule has 1 amide bonds. The lowest BCUT2D eigenvalue weighted by molar-refractivity contribution is -0.132. The van der Waals surface area contributed by atoms with Gasteiger partial charge in [0.05, 0.1) is 11.9 Å². The molecule has 1 saturated heterocycles. The number of hydrogen-bond acceptors (Lipinski definition) is 4. The molecule has 82 valence electrons. The first-order chi connectivity index (χ1) is 7.27. The molecule has 0 spiro atoms. The summed E-state index contributed by atoms with van der Waals surface area (Å²) < 4.78 is 1.63. The fraction of sp³-hybridized carbons (Fsp3) is 0.667. The molecular formula is C9H15N5O. The van der Waals surface area contributed by atoms with E-state index in [1.807, 2.05) is 11.8 Å². The van der Waals surface area contributed by atoms with Crippen molar-refractivity contribution in [3.63, 3.8) is 0 Å². The summed E-state index contributed by atoms with van der Waals surface area (Å²) in [4.78, 5) is 13.7. The number of carbonyl (C=O) groups excluding carboxylic acids is 1. The molecule has 15 heavy (non-hydrogen) atoms. The second kappa shape index (κ2) is 4.39. The number of amides is 1. The van der Waals surface area contributed by atoms with Gasteiger partial charge in [-0.1, -0.05) is 5.21 Å². The molecular weight excluding hydrogens is 194 g/mol. The highest BCUT2D eigenvalue weighted by atomic mass is 16.2. The van der Waals surface area contributed by atoms with Gasteiger partial charge in [0.15, 0.2) is 0 Å². The van der Waals surface area contributed by atoms with Crippen molar-refractivity contribution in [2.45, 2.75) is 13.5 Å². The Balaban J connectivity index is 1.94. The summed E-state index contributed by atoms with van der Waals surface area (Å²) in [6.45, 7) is 5.51. The van der Waals surface area contributed by atoms with Gasteiger partial charge in [0.25, 0.3) is 0 Å². The first-order valence-corrected chi connectivity index (χ1v) is 5.11. The number of rotatable bonds is 2. The number of piperazine rings is 1.